The number of hydrogen-bond acceptors (Lipinski definition) is 4. The van der Waals surface area contributed by atoms with Crippen molar-refractivity contribution in [3.63, 3.8) is 0 Å². The smallest absolute Gasteiger partial charge is 0.234 e. The zero-order chi connectivity index (χ0) is 11.4. The monoisotopic (exact) mass is 228 g/mol. The van der Waals surface area contributed by atoms with Crippen molar-refractivity contribution in [1.82, 2.24) is 10.2 Å². The van der Waals surface area contributed by atoms with Gasteiger partial charge in [0.25, 0.3) is 0 Å². The summed E-state index contributed by atoms with van der Waals surface area (Å²) < 4.78 is 5.42. The average molecular weight is 228 g/mol. The number of nitrogens with one attached hydrogen (secondary N) is 1. The maximum Gasteiger partial charge on any atom is 0.234 e. The summed E-state index contributed by atoms with van der Waals surface area (Å²) in [6.07, 6.45) is 2.86. The summed E-state index contributed by atoms with van der Waals surface area (Å²) >= 11 is 0. The van der Waals surface area contributed by atoms with Gasteiger partial charge in [-0.2, -0.15) is 0 Å². The van der Waals surface area contributed by atoms with Crippen LogP contribution in [-0.4, -0.2) is 60.9 Å². The second kappa shape index (κ2) is 5.61. The summed E-state index contributed by atoms with van der Waals surface area (Å²) in [5.74, 6) is 0.0320. The number of amides is 1. The maximum atomic E-state index is 11.6. The number of carbonyl (C=O) groups excluding carboxylic acids is 1. The third-order valence-electron chi connectivity index (χ3n) is 3.17. The predicted octanol–water partition coefficient (Wildman–Crippen LogP) is -0.652. The van der Waals surface area contributed by atoms with Crippen LogP contribution >= 0.6 is 0 Å². The maximum absolute atomic E-state index is 11.6. The zero-order valence-electron chi connectivity index (χ0n) is 9.52. The number of nitrogens with zero attached hydrogens (tertiary/aromatic N) is 1. The fraction of sp³-hybridized carbons (Fsp3) is 0.909. The Balaban J connectivity index is 1.60. The number of β-amino-alcohol motifs (C(OH)–C–C–N with tert-alkyl or cyclic N) is 1. The molecule has 2 aliphatic heterocycles. The highest BCUT2D eigenvalue weighted by Crippen LogP contribution is 2.11. The van der Waals surface area contributed by atoms with Crippen molar-refractivity contribution in [3.05, 3.63) is 0 Å². The highest BCUT2D eigenvalue weighted by Gasteiger charge is 2.22. The molecule has 1 amide bonds. The van der Waals surface area contributed by atoms with Crippen molar-refractivity contribution < 1.29 is 14.6 Å². The number of aliphatic hydroxyl groups is 1. The molecule has 2 fully saturated rings. The van der Waals surface area contributed by atoms with Gasteiger partial charge in [0.2, 0.25) is 5.91 Å². The predicted molar refractivity (Wildman–Crippen MR) is 59.0 cm³/mol. The Morgan fingerprint density at radius 3 is 3.00 bits per heavy atom. The Kier molecular flexibility index (Phi) is 4.15. The van der Waals surface area contributed by atoms with E-state index in [0.29, 0.717) is 19.6 Å². The molecule has 0 aromatic rings. The molecule has 2 atom stereocenters. The number of likely N-dealkylation sites (tertiary alicyclic amines) is 1. The molecule has 0 aromatic heterocycles. The van der Waals surface area contributed by atoms with Gasteiger partial charge in [-0.15, -0.1) is 0 Å². The molecule has 0 aliphatic carbocycles. The fourth-order valence-corrected chi connectivity index (χ4v) is 2.25. The van der Waals surface area contributed by atoms with E-state index in [0.717, 1.165) is 32.4 Å². The van der Waals surface area contributed by atoms with Gasteiger partial charge in [-0.05, 0) is 19.3 Å². The number of aliphatic hydroxyl groups excluding tert-OH is 1. The molecule has 5 nitrogen and oxygen atoms in total. The number of rotatable bonds is 4. The summed E-state index contributed by atoms with van der Waals surface area (Å²) in [5.41, 5.74) is 0. The molecule has 2 rings (SSSR count). The largest absolute Gasteiger partial charge is 0.392 e. The van der Waals surface area contributed by atoms with Crippen LogP contribution in [0.15, 0.2) is 0 Å². The first-order valence-corrected chi connectivity index (χ1v) is 6.03. The lowest BCUT2D eigenvalue weighted by molar-refractivity contribution is -0.122. The lowest BCUT2D eigenvalue weighted by atomic mass is 10.2. The molecule has 5 heteroatoms. The van der Waals surface area contributed by atoms with Crippen LogP contribution in [0.1, 0.15) is 19.3 Å². The van der Waals surface area contributed by atoms with Crippen LogP contribution in [-0.2, 0) is 9.53 Å². The van der Waals surface area contributed by atoms with Crippen LogP contribution in [0.5, 0.6) is 0 Å². The van der Waals surface area contributed by atoms with Gasteiger partial charge in [0.05, 0.1) is 18.8 Å². The normalized spacial score (nSPS) is 30.8. The molecule has 2 N–H and O–H groups in total. The van der Waals surface area contributed by atoms with E-state index in [1.165, 1.54) is 0 Å². The summed E-state index contributed by atoms with van der Waals surface area (Å²) in [5, 5.41) is 12.2. The molecule has 16 heavy (non-hydrogen) atoms. The molecule has 2 heterocycles. The van der Waals surface area contributed by atoms with E-state index < -0.39 is 0 Å². The molecule has 0 bridgehead atoms. The van der Waals surface area contributed by atoms with Crippen molar-refractivity contribution in [3.8, 4) is 0 Å². The Hall–Kier alpha value is -0.650. The van der Waals surface area contributed by atoms with Crippen LogP contribution in [0, 0.1) is 0 Å². The second-order valence-electron chi connectivity index (χ2n) is 4.62. The first-order valence-electron chi connectivity index (χ1n) is 6.03. The number of hydrogen-bond donors (Lipinski definition) is 2. The summed E-state index contributed by atoms with van der Waals surface area (Å²) in [7, 11) is 0. The summed E-state index contributed by atoms with van der Waals surface area (Å²) in [6, 6.07) is 0. The quantitative estimate of drug-likeness (QED) is 0.671. The molecule has 0 saturated carbocycles. The number of ether oxygens (including phenoxy) is 1. The van der Waals surface area contributed by atoms with Crippen molar-refractivity contribution in [2.24, 2.45) is 0 Å². The van der Waals surface area contributed by atoms with Gasteiger partial charge in [-0.1, -0.05) is 0 Å². The van der Waals surface area contributed by atoms with Crippen LogP contribution in [0.3, 0.4) is 0 Å². The Labute approximate surface area is 95.8 Å². The van der Waals surface area contributed by atoms with Crippen molar-refractivity contribution in [2.75, 3.05) is 32.8 Å². The molecule has 0 aromatic carbocycles. The van der Waals surface area contributed by atoms with Gasteiger partial charge >= 0.3 is 0 Å². The Morgan fingerprint density at radius 2 is 2.38 bits per heavy atom. The van der Waals surface area contributed by atoms with Crippen LogP contribution in [0.2, 0.25) is 0 Å². The summed E-state index contributed by atoms with van der Waals surface area (Å²) in [6.45, 7) is 3.26. The third-order valence-corrected chi connectivity index (χ3v) is 3.17. The van der Waals surface area contributed by atoms with Gasteiger partial charge in [0.1, 0.15) is 0 Å². The highest BCUT2D eigenvalue weighted by atomic mass is 16.5. The topological polar surface area (TPSA) is 61.8 Å². The SMILES string of the molecule is O=C(CN1CC[C@H](O)C1)NC[C@H]1CCCO1. The van der Waals surface area contributed by atoms with Gasteiger partial charge in [0, 0.05) is 26.2 Å². The van der Waals surface area contributed by atoms with E-state index >= 15 is 0 Å². The van der Waals surface area contributed by atoms with E-state index in [-0.39, 0.29) is 18.1 Å². The molecule has 2 aliphatic rings. The minimum Gasteiger partial charge on any atom is -0.392 e. The minimum absolute atomic E-state index is 0.0320. The van der Waals surface area contributed by atoms with Crippen molar-refractivity contribution >= 4 is 5.91 Å². The van der Waals surface area contributed by atoms with Gasteiger partial charge < -0.3 is 15.2 Å². The molecule has 92 valence electrons. The van der Waals surface area contributed by atoms with Crippen LogP contribution < -0.4 is 5.32 Å². The zero-order valence-corrected chi connectivity index (χ0v) is 9.52. The summed E-state index contributed by atoms with van der Waals surface area (Å²) in [4.78, 5) is 13.6. The first kappa shape index (κ1) is 11.8. The lowest BCUT2D eigenvalue weighted by Crippen LogP contribution is -2.39. The second-order valence-corrected chi connectivity index (χ2v) is 4.62. The van der Waals surface area contributed by atoms with E-state index in [1.54, 1.807) is 0 Å². The first-order chi connectivity index (χ1) is 7.74. The van der Waals surface area contributed by atoms with E-state index in [1.807, 2.05) is 4.90 Å². The van der Waals surface area contributed by atoms with Gasteiger partial charge in [0.15, 0.2) is 0 Å². The molecule has 0 unspecified atom stereocenters. The minimum atomic E-state index is -0.258. The lowest BCUT2D eigenvalue weighted by Gasteiger charge is -2.16. The molecule has 2 saturated heterocycles. The van der Waals surface area contributed by atoms with E-state index in [4.69, 9.17) is 4.74 Å². The molecular weight excluding hydrogens is 208 g/mol. The van der Waals surface area contributed by atoms with E-state index in [9.17, 15) is 9.90 Å². The van der Waals surface area contributed by atoms with Crippen LogP contribution in [0.4, 0.5) is 0 Å². The fourth-order valence-electron chi connectivity index (χ4n) is 2.25. The van der Waals surface area contributed by atoms with Crippen molar-refractivity contribution in [2.45, 2.75) is 31.5 Å². The van der Waals surface area contributed by atoms with Gasteiger partial charge in [-0.25, -0.2) is 0 Å². The highest BCUT2D eigenvalue weighted by molar-refractivity contribution is 5.78. The number of carbonyl (C=O) groups is 1. The Morgan fingerprint density at radius 1 is 1.50 bits per heavy atom. The molecule has 0 spiro atoms. The van der Waals surface area contributed by atoms with E-state index in [2.05, 4.69) is 5.32 Å². The van der Waals surface area contributed by atoms with Gasteiger partial charge in [-0.3, -0.25) is 9.69 Å². The van der Waals surface area contributed by atoms with Crippen molar-refractivity contribution in [1.29, 1.82) is 0 Å². The Bertz CT molecular complexity index is 241. The van der Waals surface area contributed by atoms with Crippen LogP contribution in [0.25, 0.3) is 0 Å². The third kappa shape index (κ3) is 3.43. The molecular formula is C11H20N2O3. The average Bonchev–Trinajstić information content (AvgIpc) is 2.87. The molecule has 0 radical (unpaired) electrons. The standard InChI is InChI=1S/C11H20N2O3/c14-9-3-4-13(7-9)8-11(15)12-6-10-2-1-5-16-10/h9-10,14H,1-8H2,(H,12,15)/t9-,10+/m0/s1.